The minimum Gasteiger partial charge on any atom is -0.394 e. The average molecular weight is 561 g/mol. The third kappa shape index (κ3) is 5.99. The number of ether oxygens (including phenoxy) is 1. The van der Waals surface area contributed by atoms with E-state index >= 15 is 0 Å². The number of carbonyl (C=O) groups is 2. The molecule has 2 heterocycles. The summed E-state index contributed by atoms with van der Waals surface area (Å²) in [5, 5.41) is 14.4. The summed E-state index contributed by atoms with van der Waals surface area (Å²) in [7, 11) is 3.75. The number of para-hydroxylation sites is 1. The number of amides is 3. The first-order valence-corrected chi connectivity index (χ1v) is 15.0. The van der Waals surface area contributed by atoms with Gasteiger partial charge in [-0.2, -0.15) is 0 Å². The molecule has 5 rings (SSSR count). The summed E-state index contributed by atoms with van der Waals surface area (Å²) in [5.41, 5.74) is 4.42. The molecule has 0 radical (unpaired) electrons. The summed E-state index contributed by atoms with van der Waals surface area (Å²) in [6.45, 7) is 4.93. The lowest BCUT2D eigenvalue weighted by atomic mass is 9.96. The van der Waals surface area contributed by atoms with Crippen LogP contribution < -0.4 is 5.32 Å². The van der Waals surface area contributed by atoms with E-state index in [1.165, 1.54) is 6.42 Å². The fourth-order valence-corrected chi connectivity index (χ4v) is 6.41. The molecule has 0 saturated heterocycles. The predicted molar refractivity (Wildman–Crippen MR) is 162 cm³/mol. The molecule has 0 unspecified atom stereocenters. The quantitative estimate of drug-likeness (QED) is 0.450. The van der Waals surface area contributed by atoms with E-state index in [1.54, 1.807) is 9.80 Å². The van der Waals surface area contributed by atoms with Gasteiger partial charge < -0.3 is 29.5 Å². The number of aliphatic hydroxyl groups is 1. The topological polar surface area (TPSA) is 87.0 Å². The van der Waals surface area contributed by atoms with Gasteiger partial charge in [-0.3, -0.25) is 4.79 Å². The van der Waals surface area contributed by atoms with Crippen molar-refractivity contribution >= 4 is 22.8 Å². The van der Waals surface area contributed by atoms with E-state index in [0.29, 0.717) is 25.4 Å². The molecule has 1 fully saturated rings. The summed E-state index contributed by atoms with van der Waals surface area (Å²) >= 11 is 0. The maximum atomic E-state index is 14.5. The molecule has 0 bridgehead atoms. The van der Waals surface area contributed by atoms with Crippen LogP contribution in [0.25, 0.3) is 22.0 Å². The van der Waals surface area contributed by atoms with Crippen LogP contribution in [0.15, 0.2) is 48.5 Å². The van der Waals surface area contributed by atoms with Crippen molar-refractivity contribution < 1.29 is 19.4 Å². The van der Waals surface area contributed by atoms with Crippen molar-refractivity contribution in [2.75, 3.05) is 26.7 Å². The maximum absolute atomic E-state index is 14.5. The van der Waals surface area contributed by atoms with Gasteiger partial charge >= 0.3 is 6.03 Å². The van der Waals surface area contributed by atoms with E-state index in [1.807, 2.05) is 55.9 Å². The maximum Gasteiger partial charge on any atom is 0.317 e. The SMILES string of the molecule is C[C@H]1CN([C@@H](C)CO)C(=O)c2c(c3ccccc3n2C)-c2ccccc2CO[C@@H]1CN(C)C(=O)NC1CCCCC1. The van der Waals surface area contributed by atoms with Crippen LogP contribution >= 0.6 is 0 Å². The molecule has 3 atom stereocenters. The summed E-state index contributed by atoms with van der Waals surface area (Å²) in [5.74, 6) is -0.216. The number of rotatable bonds is 5. The first-order valence-electron chi connectivity index (χ1n) is 15.0. The molecular formula is C33H44N4O4. The van der Waals surface area contributed by atoms with Crippen molar-refractivity contribution in [2.24, 2.45) is 13.0 Å². The van der Waals surface area contributed by atoms with E-state index in [0.717, 1.165) is 53.3 Å². The van der Waals surface area contributed by atoms with Crippen molar-refractivity contribution in [3.63, 3.8) is 0 Å². The lowest BCUT2D eigenvalue weighted by molar-refractivity contribution is -0.0186. The fourth-order valence-electron chi connectivity index (χ4n) is 6.41. The molecule has 220 valence electrons. The minimum absolute atomic E-state index is 0.0852. The number of nitrogens with one attached hydrogen (secondary N) is 1. The molecule has 2 aliphatic rings. The van der Waals surface area contributed by atoms with Crippen LogP contribution in [0.4, 0.5) is 4.79 Å². The molecular weight excluding hydrogens is 516 g/mol. The summed E-state index contributed by atoms with van der Waals surface area (Å²) in [4.78, 5) is 31.1. The van der Waals surface area contributed by atoms with E-state index in [-0.39, 0.29) is 42.7 Å². The number of hydrogen-bond donors (Lipinski definition) is 2. The van der Waals surface area contributed by atoms with Gasteiger partial charge in [-0.15, -0.1) is 0 Å². The van der Waals surface area contributed by atoms with Gasteiger partial charge in [0.15, 0.2) is 0 Å². The van der Waals surface area contributed by atoms with Crippen LogP contribution in [-0.2, 0) is 18.4 Å². The zero-order chi connectivity index (χ0) is 29.1. The van der Waals surface area contributed by atoms with Gasteiger partial charge in [-0.25, -0.2) is 4.79 Å². The van der Waals surface area contributed by atoms with E-state index in [4.69, 9.17) is 4.74 Å². The van der Waals surface area contributed by atoms with Crippen molar-refractivity contribution in [3.05, 3.63) is 59.8 Å². The molecule has 3 amide bonds. The monoisotopic (exact) mass is 560 g/mol. The van der Waals surface area contributed by atoms with Crippen LogP contribution in [0.1, 0.15) is 62.0 Å². The average Bonchev–Trinajstić information content (AvgIpc) is 3.28. The number of carbonyl (C=O) groups excluding carboxylic acids is 2. The zero-order valence-corrected chi connectivity index (χ0v) is 24.8. The van der Waals surface area contributed by atoms with Crippen LogP contribution in [0.5, 0.6) is 0 Å². The number of likely N-dealkylation sites (N-methyl/N-ethyl adjacent to an activating group) is 1. The molecule has 1 aromatic heterocycles. The number of aromatic nitrogens is 1. The van der Waals surface area contributed by atoms with E-state index in [2.05, 4.69) is 30.4 Å². The molecule has 8 nitrogen and oxygen atoms in total. The van der Waals surface area contributed by atoms with Crippen molar-refractivity contribution in [1.29, 1.82) is 0 Å². The second kappa shape index (κ2) is 12.7. The number of aliphatic hydroxyl groups excluding tert-OH is 1. The van der Waals surface area contributed by atoms with Crippen LogP contribution in [-0.4, -0.2) is 76.3 Å². The highest BCUT2D eigenvalue weighted by molar-refractivity contribution is 6.10. The first kappa shape index (κ1) is 29.1. The van der Waals surface area contributed by atoms with Gasteiger partial charge in [-0.1, -0.05) is 68.7 Å². The zero-order valence-electron chi connectivity index (χ0n) is 24.8. The standard InChI is InChI=1S/C33H44N4O4/c1-22-18-37(23(2)20-38)32(39)31-30(27-16-10-11-17-28(27)36(31)4)26-15-9-8-12-24(26)21-41-29(22)19-35(3)33(40)34-25-13-6-5-7-14-25/h8-12,15-17,22-23,25,29,38H,5-7,13-14,18-21H2,1-4H3,(H,34,40)/t22-,23-,29+/m0/s1. The van der Waals surface area contributed by atoms with Gasteiger partial charge in [0.05, 0.1) is 25.4 Å². The Hall–Kier alpha value is -3.36. The molecule has 3 aromatic rings. The normalized spacial score (nSPS) is 21.1. The van der Waals surface area contributed by atoms with Gasteiger partial charge in [0.2, 0.25) is 0 Å². The molecule has 41 heavy (non-hydrogen) atoms. The van der Waals surface area contributed by atoms with Gasteiger partial charge in [0.1, 0.15) is 5.69 Å². The highest BCUT2D eigenvalue weighted by Crippen LogP contribution is 2.38. The number of fused-ring (bicyclic) bond motifs is 5. The number of nitrogens with zero attached hydrogens (tertiary/aromatic N) is 3. The summed E-state index contributed by atoms with van der Waals surface area (Å²) in [6, 6.07) is 15.9. The number of urea groups is 1. The van der Waals surface area contributed by atoms with E-state index < -0.39 is 0 Å². The van der Waals surface area contributed by atoms with Gasteiger partial charge in [0.25, 0.3) is 5.91 Å². The lowest BCUT2D eigenvalue weighted by Crippen LogP contribution is -2.50. The second-order valence-corrected chi connectivity index (χ2v) is 11.9. The lowest BCUT2D eigenvalue weighted by Gasteiger charge is -2.35. The Kier molecular flexibility index (Phi) is 9.00. The Morgan fingerprint density at radius 3 is 2.59 bits per heavy atom. The molecule has 1 saturated carbocycles. The van der Waals surface area contributed by atoms with Crippen LogP contribution in [0.2, 0.25) is 0 Å². The highest BCUT2D eigenvalue weighted by Gasteiger charge is 2.34. The van der Waals surface area contributed by atoms with Gasteiger partial charge in [0, 0.05) is 55.6 Å². The Morgan fingerprint density at radius 2 is 1.83 bits per heavy atom. The van der Waals surface area contributed by atoms with Crippen molar-refractivity contribution in [3.8, 4) is 11.1 Å². The number of hydrogen-bond acceptors (Lipinski definition) is 4. The summed E-state index contributed by atoms with van der Waals surface area (Å²) in [6.07, 6.45) is 5.28. The summed E-state index contributed by atoms with van der Waals surface area (Å²) < 4.78 is 8.60. The largest absolute Gasteiger partial charge is 0.394 e. The van der Waals surface area contributed by atoms with Gasteiger partial charge in [-0.05, 0) is 37.0 Å². The van der Waals surface area contributed by atoms with Crippen molar-refractivity contribution in [1.82, 2.24) is 19.7 Å². The second-order valence-electron chi connectivity index (χ2n) is 11.9. The Labute approximate surface area is 243 Å². The highest BCUT2D eigenvalue weighted by atomic mass is 16.5. The third-order valence-corrected chi connectivity index (χ3v) is 8.96. The molecule has 2 N–H and O–H groups in total. The smallest absolute Gasteiger partial charge is 0.317 e. The van der Waals surface area contributed by atoms with Crippen LogP contribution in [0.3, 0.4) is 0 Å². The first-order chi connectivity index (χ1) is 19.8. The molecule has 0 spiro atoms. The fraction of sp³-hybridized carbons (Fsp3) is 0.515. The Bertz CT molecular complexity index is 1380. The molecule has 1 aliphatic carbocycles. The number of benzene rings is 2. The minimum atomic E-state index is -0.389. The van der Waals surface area contributed by atoms with E-state index in [9.17, 15) is 14.7 Å². The molecule has 1 aliphatic heterocycles. The predicted octanol–water partition coefficient (Wildman–Crippen LogP) is 5.18. The van der Waals surface area contributed by atoms with Crippen molar-refractivity contribution in [2.45, 2.75) is 70.7 Å². The molecule has 2 aromatic carbocycles. The Morgan fingerprint density at radius 1 is 1.12 bits per heavy atom. The van der Waals surface area contributed by atoms with Crippen LogP contribution in [0, 0.1) is 5.92 Å². The third-order valence-electron chi connectivity index (χ3n) is 8.96. The number of aryl methyl sites for hydroxylation is 1. The Balaban J connectivity index is 1.52. The molecule has 8 heteroatoms.